The summed E-state index contributed by atoms with van der Waals surface area (Å²) < 4.78 is 10.4. The first-order chi connectivity index (χ1) is 9.15. The predicted octanol–water partition coefficient (Wildman–Crippen LogP) is 3.29. The van der Waals surface area contributed by atoms with Gasteiger partial charge in [0.05, 0.1) is 11.8 Å². The quantitative estimate of drug-likeness (QED) is 0.763. The normalized spacial score (nSPS) is 10.8. The SMILES string of the molecule is Cc1coc(C)c1C(=O)Nc1ccc2ocnc2c1. The summed E-state index contributed by atoms with van der Waals surface area (Å²) in [5.74, 6) is 0.420. The third-order valence-electron chi connectivity index (χ3n) is 2.97. The second-order valence-electron chi connectivity index (χ2n) is 4.34. The molecule has 2 heterocycles. The molecule has 1 N–H and O–H groups in total. The number of rotatable bonds is 2. The molecule has 3 rings (SSSR count). The first-order valence-corrected chi connectivity index (χ1v) is 5.84. The van der Waals surface area contributed by atoms with Crippen molar-refractivity contribution in [3.63, 3.8) is 0 Å². The van der Waals surface area contributed by atoms with Crippen molar-refractivity contribution in [3.05, 3.63) is 47.7 Å². The van der Waals surface area contributed by atoms with Crippen molar-refractivity contribution < 1.29 is 13.6 Å². The minimum absolute atomic E-state index is 0.188. The number of aryl methyl sites for hydroxylation is 2. The number of benzene rings is 1. The van der Waals surface area contributed by atoms with E-state index in [1.807, 2.05) is 6.92 Å². The Morgan fingerprint density at radius 3 is 2.84 bits per heavy atom. The molecule has 5 heteroatoms. The number of furan rings is 1. The summed E-state index contributed by atoms with van der Waals surface area (Å²) in [6.45, 7) is 3.61. The smallest absolute Gasteiger partial charge is 0.259 e. The van der Waals surface area contributed by atoms with Crippen molar-refractivity contribution in [2.24, 2.45) is 0 Å². The fourth-order valence-corrected chi connectivity index (χ4v) is 2.04. The van der Waals surface area contributed by atoms with E-state index in [1.165, 1.54) is 6.39 Å². The molecule has 0 saturated heterocycles. The summed E-state index contributed by atoms with van der Waals surface area (Å²) >= 11 is 0. The van der Waals surface area contributed by atoms with Gasteiger partial charge in [-0.15, -0.1) is 0 Å². The molecule has 0 fully saturated rings. The molecule has 0 atom stereocenters. The molecule has 5 nitrogen and oxygen atoms in total. The Morgan fingerprint density at radius 1 is 1.26 bits per heavy atom. The van der Waals surface area contributed by atoms with E-state index in [-0.39, 0.29) is 5.91 Å². The highest BCUT2D eigenvalue weighted by atomic mass is 16.3. The van der Waals surface area contributed by atoms with Crippen LogP contribution in [0.4, 0.5) is 5.69 Å². The molecule has 0 aliphatic rings. The van der Waals surface area contributed by atoms with Crippen molar-refractivity contribution >= 4 is 22.7 Å². The summed E-state index contributed by atoms with van der Waals surface area (Å²) in [5, 5.41) is 2.83. The largest absolute Gasteiger partial charge is 0.469 e. The summed E-state index contributed by atoms with van der Waals surface area (Å²) in [5.41, 5.74) is 3.45. The fraction of sp³-hybridized carbons (Fsp3) is 0.143. The van der Waals surface area contributed by atoms with Gasteiger partial charge in [-0.1, -0.05) is 0 Å². The summed E-state index contributed by atoms with van der Waals surface area (Å²) in [6, 6.07) is 5.31. The molecular weight excluding hydrogens is 244 g/mol. The molecule has 0 aliphatic heterocycles. The first-order valence-electron chi connectivity index (χ1n) is 5.84. The second-order valence-corrected chi connectivity index (χ2v) is 4.34. The van der Waals surface area contributed by atoms with Gasteiger partial charge >= 0.3 is 0 Å². The third-order valence-corrected chi connectivity index (χ3v) is 2.97. The highest BCUT2D eigenvalue weighted by molar-refractivity contribution is 6.06. The lowest BCUT2D eigenvalue weighted by Gasteiger charge is -2.04. The van der Waals surface area contributed by atoms with E-state index in [1.54, 1.807) is 31.4 Å². The van der Waals surface area contributed by atoms with E-state index in [9.17, 15) is 4.79 Å². The number of oxazole rings is 1. The average molecular weight is 256 g/mol. The van der Waals surface area contributed by atoms with Gasteiger partial charge in [0.2, 0.25) is 0 Å². The van der Waals surface area contributed by atoms with Crippen molar-refractivity contribution in [1.82, 2.24) is 4.98 Å². The summed E-state index contributed by atoms with van der Waals surface area (Å²) in [6.07, 6.45) is 2.95. The maximum absolute atomic E-state index is 12.2. The zero-order chi connectivity index (χ0) is 13.4. The summed E-state index contributed by atoms with van der Waals surface area (Å²) in [7, 11) is 0. The Bertz CT molecular complexity index is 735. The van der Waals surface area contributed by atoms with E-state index >= 15 is 0 Å². The molecule has 2 aromatic heterocycles. The standard InChI is InChI=1S/C14H12N2O3/c1-8-6-18-9(2)13(8)14(17)16-10-3-4-12-11(5-10)15-7-19-12/h3-7H,1-2H3,(H,16,17). The van der Waals surface area contributed by atoms with E-state index in [0.717, 1.165) is 5.56 Å². The second kappa shape index (κ2) is 4.28. The number of aromatic nitrogens is 1. The topological polar surface area (TPSA) is 68.3 Å². The van der Waals surface area contributed by atoms with Crippen LogP contribution in [0.15, 0.2) is 39.7 Å². The zero-order valence-corrected chi connectivity index (χ0v) is 10.6. The Balaban J connectivity index is 1.90. The Hall–Kier alpha value is -2.56. The minimum Gasteiger partial charge on any atom is -0.469 e. The van der Waals surface area contributed by atoms with Gasteiger partial charge < -0.3 is 14.2 Å². The number of nitrogens with one attached hydrogen (secondary N) is 1. The van der Waals surface area contributed by atoms with Crippen LogP contribution in [0.3, 0.4) is 0 Å². The molecule has 0 aliphatic carbocycles. The maximum atomic E-state index is 12.2. The number of carbonyl (C=O) groups excluding carboxylic acids is 1. The molecule has 1 amide bonds. The molecule has 0 saturated carbocycles. The number of fused-ring (bicyclic) bond motifs is 1. The van der Waals surface area contributed by atoms with Gasteiger partial charge in [-0.25, -0.2) is 4.98 Å². The molecule has 3 aromatic rings. The maximum Gasteiger partial charge on any atom is 0.259 e. The van der Waals surface area contributed by atoms with Crippen LogP contribution in [0.25, 0.3) is 11.1 Å². The average Bonchev–Trinajstić information content (AvgIpc) is 2.95. The van der Waals surface area contributed by atoms with Crippen molar-refractivity contribution in [2.45, 2.75) is 13.8 Å². The number of hydrogen-bond acceptors (Lipinski definition) is 4. The molecule has 19 heavy (non-hydrogen) atoms. The minimum atomic E-state index is -0.188. The van der Waals surface area contributed by atoms with Crippen molar-refractivity contribution in [3.8, 4) is 0 Å². The van der Waals surface area contributed by atoms with Crippen LogP contribution >= 0.6 is 0 Å². The van der Waals surface area contributed by atoms with E-state index in [4.69, 9.17) is 8.83 Å². The van der Waals surface area contributed by atoms with Crippen LogP contribution in [-0.2, 0) is 0 Å². The number of amides is 1. The molecular formula is C14H12N2O3. The van der Waals surface area contributed by atoms with Gasteiger partial charge in [-0.2, -0.15) is 0 Å². The molecule has 1 aromatic carbocycles. The monoisotopic (exact) mass is 256 g/mol. The molecule has 96 valence electrons. The lowest BCUT2D eigenvalue weighted by atomic mass is 10.1. The van der Waals surface area contributed by atoms with Gasteiger partial charge in [0, 0.05) is 11.3 Å². The first kappa shape index (κ1) is 11.5. The molecule has 0 bridgehead atoms. The number of hydrogen-bond donors (Lipinski definition) is 1. The van der Waals surface area contributed by atoms with Crippen LogP contribution in [0.1, 0.15) is 21.7 Å². The number of anilines is 1. The van der Waals surface area contributed by atoms with Crippen LogP contribution in [0.5, 0.6) is 0 Å². The van der Waals surface area contributed by atoms with Gasteiger partial charge in [-0.3, -0.25) is 4.79 Å². The number of nitrogens with zero attached hydrogens (tertiary/aromatic N) is 1. The summed E-state index contributed by atoms with van der Waals surface area (Å²) in [4.78, 5) is 16.2. The van der Waals surface area contributed by atoms with Crippen LogP contribution in [-0.4, -0.2) is 10.9 Å². The van der Waals surface area contributed by atoms with E-state index in [0.29, 0.717) is 28.1 Å². The van der Waals surface area contributed by atoms with Gasteiger partial charge in [0.15, 0.2) is 12.0 Å². The van der Waals surface area contributed by atoms with Crippen LogP contribution in [0.2, 0.25) is 0 Å². The van der Waals surface area contributed by atoms with Gasteiger partial charge in [0.25, 0.3) is 5.91 Å². The van der Waals surface area contributed by atoms with E-state index in [2.05, 4.69) is 10.3 Å². The zero-order valence-electron chi connectivity index (χ0n) is 10.6. The lowest BCUT2D eigenvalue weighted by Crippen LogP contribution is -2.13. The highest BCUT2D eigenvalue weighted by Crippen LogP contribution is 2.20. The lowest BCUT2D eigenvalue weighted by molar-refractivity contribution is 0.102. The van der Waals surface area contributed by atoms with Crippen LogP contribution < -0.4 is 5.32 Å². The predicted molar refractivity (Wildman–Crippen MR) is 70.1 cm³/mol. The number of carbonyl (C=O) groups is 1. The Morgan fingerprint density at radius 2 is 2.11 bits per heavy atom. The van der Waals surface area contributed by atoms with Crippen LogP contribution in [0, 0.1) is 13.8 Å². The highest BCUT2D eigenvalue weighted by Gasteiger charge is 2.15. The van der Waals surface area contributed by atoms with Gasteiger partial charge in [-0.05, 0) is 32.0 Å². The third kappa shape index (κ3) is 1.99. The fourth-order valence-electron chi connectivity index (χ4n) is 2.04. The molecule has 0 radical (unpaired) electrons. The Kier molecular flexibility index (Phi) is 2.59. The van der Waals surface area contributed by atoms with E-state index < -0.39 is 0 Å². The molecule has 0 spiro atoms. The van der Waals surface area contributed by atoms with Gasteiger partial charge in [0.1, 0.15) is 11.3 Å². The van der Waals surface area contributed by atoms with Crippen molar-refractivity contribution in [1.29, 1.82) is 0 Å². The molecule has 0 unspecified atom stereocenters. The van der Waals surface area contributed by atoms with Crippen molar-refractivity contribution in [2.75, 3.05) is 5.32 Å². The Labute approximate surface area is 109 Å².